The van der Waals surface area contributed by atoms with Gasteiger partial charge in [-0.1, -0.05) is 11.6 Å². The average Bonchev–Trinajstić information content (AvgIpc) is 3.77. The summed E-state index contributed by atoms with van der Waals surface area (Å²) in [4.78, 5) is 20.6. The van der Waals surface area contributed by atoms with E-state index >= 15 is 0 Å². The number of benzene rings is 2. The Morgan fingerprint density at radius 1 is 1.13 bits per heavy atom. The second kappa shape index (κ2) is 12.0. The molecule has 3 aromatic rings. The molecule has 38 heavy (non-hydrogen) atoms. The van der Waals surface area contributed by atoms with Gasteiger partial charge in [0.1, 0.15) is 0 Å². The summed E-state index contributed by atoms with van der Waals surface area (Å²) in [6.07, 6.45) is 9.87. The van der Waals surface area contributed by atoms with Crippen LogP contribution in [0.2, 0.25) is 5.02 Å². The minimum absolute atomic E-state index is 0.0669. The van der Waals surface area contributed by atoms with Crippen molar-refractivity contribution in [3.05, 3.63) is 47.1 Å². The Kier molecular flexibility index (Phi) is 8.68. The van der Waals surface area contributed by atoms with Crippen LogP contribution in [0.1, 0.15) is 62.2 Å². The molecule has 1 heterocycles. The number of hydrogen-bond acceptors (Lipinski definition) is 5. The second-order valence-electron chi connectivity index (χ2n) is 10.9. The number of ketones is 1. The zero-order valence-electron chi connectivity index (χ0n) is 22.5. The second-order valence-corrected chi connectivity index (χ2v) is 17.4. The van der Waals surface area contributed by atoms with Crippen LogP contribution in [0.5, 0.6) is 11.5 Å². The van der Waals surface area contributed by atoms with E-state index < -0.39 is 19.8 Å². The van der Waals surface area contributed by atoms with Crippen molar-refractivity contribution in [1.82, 2.24) is 4.98 Å². The maximum absolute atomic E-state index is 13.3. The Bertz CT molecular complexity index is 1320. The molecule has 0 bridgehead atoms. The zero-order valence-corrected chi connectivity index (χ0v) is 25.4. The van der Waals surface area contributed by atoms with Gasteiger partial charge in [-0.15, -0.1) is 0 Å². The fourth-order valence-electron chi connectivity index (χ4n) is 5.61. The number of anilines is 1. The summed E-state index contributed by atoms with van der Waals surface area (Å²) in [6.45, 7) is 2.31. The molecule has 2 saturated carbocycles. The quantitative estimate of drug-likeness (QED) is 0.131. The Hall–Kier alpha value is -2.06. The first-order valence-corrected chi connectivity index (χ1v) is 19.3. The number of phenolic OH excluding ortho intramolecular Hbond substituents is 1. The van der Waals surface area contributed by atoms with Crippen LogP contribution in [0.4, 0.5) is 5.69 Å². The van der Waals surface area contributed by atoms with E-state index in [4.69, 9.17) is 16.3 Å². The van der Waals surface area contributed by atoms with Crippen LogP contribution < -0.4 is 10.1 Å². The maximum atomic E-state index is 13.3. The fourth-order valence-corrected chi connectivity index (χ4v) is 11.1. The van der Waals surface area contributed by atoms with Crippen LogP contribution in [0.25, 0.3) is 22.0 Å². The summed E-state index contributed by atoms with van der Waals surface area (Å²) in [7, 11) is 1.51. The first kappa shape index (κ1) is 27.5. The van der Waals surface area contributed by atoms with Crippen LogP contribution in [0, 0.1) is 11.8 Å². The number of hydrogen-bond donors (Lipinski definition) is 2. The zero-order chi connectivity index (χ0) is 26.8. The Morgan fingerprint density at radius 3 is 2.58 bits per heavy atom. The van der Waals surface area contributed by atoms with Gasteiger partial charge in [0.25, 0.3) is 0 Å². The number of carbonyl (C=O) groups is 1. The number of nitrogens with one attached hydrogen (secondary N) is 1. The number of phenols is 1. The third kappa shape index (κ3) is 6.06. The molecule has 5 rings (SSSR count). The molecule has 1 aromatic heterocycles. The molecule has 7 heteroatoms. The summed E-state index contributed by atoms with van der Waals surface area (Å²) in [5, 5.41) is 15.2. The minimum atomic E-state index is -0.756. The van der Waals surface area contributed by atoms with Crippen LogP contribution in [0.3, 0.4) is 0 Å². The van der Waals surface area contributed by atoms with Gasteiger partial charge in [0.15, 0.2) is 11.5 Å². The summed E-state index contributed by atoms with van der Waals surface area (Å²) < 4.78 is 8.28. The van der Waals surface area contributed by atoms with Crippen LogP contribution in [-0.4, -0.2) is 42.8 Å². The summed E-state index contributed by atoms with van der Waals surface area (Å²) in [5.41, 5.74) is 4.25. The van der Waals surface area contributed by atoms with Crippen molar-refractivity contribution in [1.29, 1.82) is 0 Å². The van der Waals surface area contributed by atoms with Gasteiger partial charge < -0.3 is 9.84 Å². The molecule has 0 atom stereocenters. The molecule has 0 aliphatic heterocycles. The summed E-state index contributed by atoms with van der Waals surface area (Å²) in [6, 6.07) is 9.96. The predicted octanol–water partition coefficient (Wildman–Crippen LogP) is 8.38. The molecular weight excluding hydrogens is 611 g/mol. The molecule has 0 saturated heterocycles. The molecule has 0 spiro atoms. The first-order chi connectivity index (χ1) is 18.4. The Morgan fingerprint density at radius 2 is 1.89 bits per heavy atom. The molecule has 2 fully saturated rings. The normalized spacial score (nSPS) is 19.8. The predicted molar refractivity (Wildman–Crippen MR) is 167 cm³/mol. The molecular formula is C31H38ClIN2O3. The number of nitrogens with zero attached hydrogens (tertiary/aromatic N) is 1. The van der Waals surface area contributed by atoms with E-state index in [1.165, 1.54) is 35.2 Å². The van der Waals surface area contributed by atoms with Gasteiger partial charge in [0.2, 0.25) is 0 Å². The topological polar surface area (TPSA) is 71.5 Å². The molecule has 204 valence electrons. The number of methoxy groups -OCH3 is 1. The van der Waals surface area contributed by atoms with Gasteiger partial charge in [-0.05, 0) is 0 Å². The number of fused-ring (bicyclic) bond motifs is 1. The van der Waals surface area contributed by atoms with Crippen LogP contribution in [-0.2, 0) is 0 Å². The van der Waals surface area contributed by atoms with E-state index in [-0.39, 0.29) is 22.5 Å². The van der Waals surface area contributed by atoms with Crippen molar-refractivity contribution in [2.24, 2.45) is 11.8 Å². The van der Waals surface area contributed by atoms with Crippen molar-refractivity contribution >= 4 is 53.8 Å². The van der Waals surface area contributed by atoms with Gasteiger partial charge in [0, 0.05) is 0 Å². The summed E-state index contributed by atoms with van der Waals surface area (Å²) in [5.74, 6) is 1.46. The third-order valence-electron chi connectivity index (χ3n) is 7.85. The molecule has 2 N–H and O–H groups in total. The van der Waals surface area contributed by atoms with Crippen LogP contribution in [0.15, 0.2) is 36.5 Å². The number of aromatic nitrogens is 1. The van der Waals surface area contributed by atoms with E-state index in [0.29, 0.717) is 17.4 Å². The fraction of sp³-hybridized carbons (Fsp3) is 0.484. The number of Topliss-reactive ketones (excluding diaryl/α,β-unsaturated/α-hetero) is 1. The van der Waals surface area contributed by atoms with E-state index in [1.807, 2.05) is 12.1 Å². The number of pyridine rings is 1. The summed E-state index contributed by atoms with van der Waals surface area (Å²) >= 11 is 5.54. The van der Waals surface area contributed by atoms with Crippen molar-refractivity contribution in [2.75, 3.05) is 26.2 Å². The Balaban J connectivity index is 1.47. The number of alkyl halides is 3. The van der Waals surface area contributed by atoms with E-state index in [0.717, 1.165) is 59.3 Å². The van der Waals surface area contributed by atoms with Crippen molar-refractivity contribution in [3.8, 4) is 22.6 Å². The third-order valence-corrected chi connectivity index (χ3v) is 13.8. The van der Waals surface area contributed by atoms with E-state index in [9.17, 15) is 9.90 Å². The number of carbonyl (C=O) groups excluding carboxylic acids is 1. The molecule has 0 radical (unpaired) electrons. The van der Waals surface area contributed by atoms with Gasteiger partial charge in [0.05, 0.1) is 12.1 Å². The average molecular weight is 649 g/mol. The molecule has 0 amide bonds. The molecule has 0 unspecified atom stereocenters. The van der Waals surface area contributed by atoms with Gasteiger partial charge in [-0.2, -0.15) is 0 Å². The van der Waals surface area contributed by atoms with Crippen molar-refractivity contribution < 1.29 is 14.6 Å². The van der Waals surface area contributed by atoms with Gasteiger partial charge in [-0.25, -0.2) is 0 Å². The molecule has 5 nitrogen and oxygen atoms in total. The first-order valence-electron chi connectivity index (χ1n) is 13.7. The Labute approximate surface area is 238 Å². The van der Waals surface area contributed by atoms with Gasteiger partial charge >= 0.3 is 194 Å². The van der Waals surface area contributed by atoms with Crippen molar-refractivity contribution in [2.45, 2.75) is 57.9 Å². The number of rotatable bonds is 10. The standard InChI is InChI=1S/C31H38ClIN2O3/c1-4-13-33(2)17-19-5-10-23(11-6-19)35-29-24-14-21(22-15-26(32)31(37)28(16-22)38-3)9-12-27(24)34-18-25(29)30(36)20-7-8-20/h9,12,14-16,18-20,23,37H,4-8,10-11,13,17H2,1-3H3,(H,34,35). The van der Waals surface area contributed by atoms with E-state index in [2.05, 4.69) is 28.2 Å². The molecule has 2 aromatic carbocycles. The number of aromatic hydroxyl groups is 1. The molecule has 2 aliphatic rings. The van der Waals surface area contributed by atoms with E-state index in [1.54, 1.807) is 18.3 Å². The number of ether oxygens (including phenoxy) is 1. The monoisotopic (exact) mass is 648 g/mol. The van der Waals surface area contributed by atoms with Gasteiger partial charge in [-0.3, -0.25) is 0 Å². The molecule has 2 aliphatic carbocycles. The van der Waals surface area contributed by atoms with Crippen molar-refractivity contribution in [3.63, 3.8) is 0 Å². The SMILES string of the molecule is CCCI(C)CC1CCC(Nc2c(C(=O)C3CC3)cnc3ccc(-c4cc(Cl)c(O)c(OC)c4)cc23)CC1. The number of halogens is 2. The van der Waals surface area contributed by atoms with Crippen LogP contribution >= 0.6 is 31.4 Å².